The Hall–Kier alpha value is -3.26. The predicted octanol–water partition coefficient (Wildman–Crippen LogP) is 4.73. The third-order valence-corrected chi connectivity index (χ3v) is 5.82. The fourth-order valence-corrected chi connectivity index (χ4v) is 4.13. The van der Waals surface area contributed by atoms with E-state index in [1.807, 2.05) is 44.7 Å². The summed E-state index contributed by atoms with van der Waals surface area (Å²) in [5.41, 5.74) is 3.45. The first-order valence-electron chi connectivity index (χ1n) is 11.3. The van der Waals surface area contributed by atoms with Crippen LogP contribution in [-0.4, -0.2) is 35.0 Å². The largest absolute Gasteiger partial charge is 0.462 e. The summed E-state index contributed by atoms with van der Waals surface area (Å²) in [7, 11) is 0. The minimum Gasteiger partial charge on any atom is -0.462 e. The molecule has 0 aromatic heterocycles. The number of hydrogen-bond acceptors (Lipinski definition) is 4. The maximum Gasteiger partial charge on any atom is 0.338 e. The average molecular weight is 484 g/mol. The number of ether oxygens (including phenoxy) is 1. The van der Waals surface area contributed by atoms with Gasteiger partial charge in [-0.2, -0.15) is 0 Å². The Morgan fingerprint density at radius 1 is 1.15 bits per heavy atom. The lowest BCUT2D eigenvalue weighted by Gasteiger charge is -2.37. The molecule has 1 atom stereocenters. The lowest BCUT2D eigenvalue weighted by Crippen LogP contribution is -2.47. The van der Waals surface area contributed by atoms with E-state index < -0.39 is 6.04 Å². The molecule has 0 saturated carbocycles. The van der Waals surface area contributed by atoms with Crippen LogP contribution in [0.4, 0.5) is 10.1 Å². The van der Waals surface area contributed by atoms with Crippen LogP contribution in [-0.2, 0) is 20.7 Å². The van der Waals surface area contributed by atoms with Gasteiger partial charge in [0.2, 0.25) is 5.91 Å². The van der Waals surface area contributed by atoms with Crippen LogP contribution in [0.25, 0.3) is 0 Å². The average Bonchev–Trinajstić information content (AvgIpc) is 2.79. The van der Waals surface area contributed by atoms with Crippen molar-refractivity contribution in [2.24, 2.45) is 5.92 Å². The maximum absolute atomic E-state index is 13.1. The van der Waals surface area contributed by atoms with Gasteiger partial charge in [-0.25, -0.2) is 9.18 Å². The highest BCUT2D eigenvalue weighted by atomic mass is 32.1. The lowest BCUT2D eigenvalue weighted by molar-refractivity contribution is -0.140. The summed E-state index contributed by atoms with van der Waals surface area (Å²) in [6.45, 7) is 8.78. The van der Waals surface area contributed by atoms with Crippen LogP contribution in [0.1, 0.15) is 44.9 Å². The normalized spacial score (nSPS) is 15.9. The molecule has 1 amide bonds. The molecular formula is C26H30FN3O3S. The van der Waals surface area contributed by atoms with Crippen LogP contribution in [0.2, 0.25) is 0 Å². The van der Waals surface area contributed by atoms with Gasteiger partial charge in [-0.15, -0.1) is 0 Å². The minimum absolute atomic E-state index is 0.140. The molecular weight excluding hydrogens is 453 g/mol. The van der Waals surface area contributed by atoms with E-state index >= 15 is 0 Å². The monoisotopic (exact) mass is 483 g/mol. The zero-order valence-electron chi connectivity index (χ0n) is 19.9. The number of carbonyl (C=O) groups is 2. The Kier molecular flexibility index (Phi) is 8.39. The smallest absolute Gasteiger partial charge is 0.338 e. The van der Waals surface area contributed by atoms with E-state index in [0.29, 0.717) is 29.5 Å². The number of hydrogen-bond donors (Lipinski definition) is 2. The maximum atomic E-state index is 13.1. The molecule has 0 aliphatic carbocycles. The molecule has 1 heterocycles. The van der Waals surface area contributed by atoms with Gasteiger partial charge in [0, 0.05) is 17.9 Å². The molecule has 6 nitrogen and oxygen atoms in total. The lowest BCUT2D eigenvalue weighted by atomic mass is 9.94. The number of anilines is 1. The molecule has 0 saturated heterocycles. The van der Waals surface area contributed by atoms with Gasteiger partial charge < -0.3 is 20.3 Å². The van der Waals surface area contributed by atoms with Crippen molar-refractivity contribution in [1.82, 2.24) is 10.2 Å². The van der Waals surface area contributed by atoms with Gasteiger partial charge in [-0.05, 0) is 67.4 Å². The van der Waals surface area contributed by atoms with Gasteiger partial charge in [0.05, 0.1) is 24.6 Å². The number of nitrogens with one attached hydrogen (secondary N) is 2. The third-order valence-electron chi connectivity index (χ3n) is 5.49. The highest BCUT2D eigenvalue weighted by Gasteiger charge is 2.34. The summed E-state index contributed by atoms with van der Waals surface area (Å²) in [5, 5.41) is 6.65. The summed E-state index contributed by atoms with van der Waals surface area (Å²) >= 11 is 5.53. The second-order valence-corrected chi connectivity index (χ2v) is 8.98. The quantitative estimate of drug-likeness (QED) is 0.418. The Morgan fingerprint density at radius 2 is 1.79 bits per heavy atom. The van der Waals surface area contributed by atoms with Gasteiger partial charge in [0.1, 0.15) is 5.82 Å². The number of carbonyl (C=O) groups excluding carboxylic acids is 2. The van der Waals surface area contributed by atoms with Crippen molar-refractivity contribution in [1.29, 1.82) is 0 Å². The molecule has 8 heteroatoms. The predicted molar refractivity (Wildman–Crippen MR) is 135 cm³/mol. The standard InChI is InChI=1S/C26H30FN3O3S/c1-5-30-17(4)23(25(32)33-15-16(2)3)24(29-26(30)34)19-8-12-21(13-9-19)28-22(31)14-18-6-10-20(27)11-7-18/h6-13,16,24H,5,14-15H2,1-4H3,(H,28,31)(H,29,34)/t24-/m1/s1. The van der Waals surface area contributed by atoms with Crippen LogP contribution < -0.4 is 10.6 Å². The molecule has 2 N–H and O–H groups in total. The number of esters is 1. The molecule has 180 valence electrons. The minimum atomic E-state index is -0.459. The van der Waals surface area contributed by atoms with E-state index in [2.05, 4.69) is 10.6 Å². The molecule has 1 aliphatic heterocycles. The molecule has 1 aliphatic rings. The molecule has 3 rings (SSSR count). The van der Waals surface area contributed by atoms with E-state index in [-0.39, 0.29) is 30.0 Å². The fourth-order valence-electron chi connectivity index (χ4n) is 3.75. The molecule has 0 radical (unpaired) electrons. The summed E-state index contributed by atoms with van der Waals surface area (Å²) in [6, 6.07) is 12.6. The van der Waals surface area contributed by atoms with Gasteiger partial charge in [0.15, 0.2) is 5.11 Å². The number of rotatable bonds is 8. The fraction of sp³-hybridized carbons (Fsp3) is 0.346. The van der Waals surface area contributed by atoms with Gasteiger partial charge in [0.25, 0.3) is 0 Å². The molecule has 0 unspecified atom stereocenters. The SMILES string of the molecule is CCN1C(=S)N[C@H](c2ccc(NC(=O)Cc3ccc(F)cc3)cc2)C(C(=O)OCC(C)C)=C1C. The second-order valence-electron chi connectivity index (χ2n) is 8.59. The molecule has 2 aromatic carbocycles. The first kappa shape index (κ1) is 25.4. The van der Waals surface area contributed by atoms with Gasteiger partial charge in [-0.3, -0.25) is 4.79 Å². The van der Waals surface area contributed by atoms with Crippen LogP contribution in [0, 0.1) is 11.7 Å². The van der Waals surface area contributed by atoms with Crippen molar-refractivity contribution in [2.45, 2.75) is 40.2 Å². The molecule has 0 spiro atoms. The number of nitrogens with zero attached hydrogens (tertiary/aromatic N) is 1. The van der Waals surface area contributed by atoms with Crippen molar-refractivity contribution >= 4 is 34.9 Å². The zero-order chi connectivity index (χ0) is 24.8. The van der Waals surface area contributed by atoms with Crippen molar-refractivity contribution in [2.75, 3.05) is 18.5 Å². The van der Waals surface area contributed by atoms with Crippen molar-refractivity contribution in [3.05, 3.63) is 76.7 Å². The first-order valence-corrected chi connectivity index (χ1v) is 11.7. The van der Waals surface area contributed by atoms with E-state index in [0.717, 1.165) is 16.8 Å². The van der Waals surface area contributed by atoms with Crippen LogP contribution in [0.15, 0.2) is 59.8 Å². The molecule has 0 fully saturated rings. The third kappa shape index (κ3) is 6.20. The van der Waals surface area contributed by atoms with E-state index in [1.54, 1.807) is 24.3 Å². The van der Waals surface area contributed by atoms with Gasteiger partial charge >= 0.3 is 5.97 Å². The highest BCUT2D eigenvalue weighted by molar-refractivity contribution is 7.80. The number of halogens is 1. The Labute approximate surface area is 205 Å². The number of thiocarbonyl (C=S) groups is 1. The number of allylic oxidation sites excluding steroid dienone is 1. The first-order chi connectivity index (χ1) is 16.2. The number of amides is 1. The Morgan fingerprint density at radius 3 is 2.38 bits per heavy atom. The van der Waals surface area contributed by atoms with E-state index in [1.165, 1.54) is 12.1 Å². The topological polar surface area (TPSA) is 70.7 Å². The van der Waals surface area contributed by atoms with Crippen LogP contribution in [0.5, 0.6) is 0 Å². The van der Waals surface area contributed by atoms with Crippen LogP contribution >= 0.6 is 12.2 Å². The summed E-state index contributed by atoms with van der Waals surface area (Å²) in [6.07, 6.45) is 0.140. The zero-order valence-corrected chi connectivity index (χ0v) is 20.7. The highest BCUT2D eigenvalue weighted by Crippen LogP contribution is 2.32. The summed E-state index contributed by atoms with van der Waals surface area (Å²) in [5.74, 6) is -0.694. The van der Waals surface area contributed by atoms with Crippen LogP contribution in [0.3, 0.4) is 0 Å². The van der Waals surface area contributed by atoms with Crippen molar-refractivity contribution in [3.63, 3.8) is 0 Å². The van der Waals surface area contributed by atoms with E-state index in [4.69, 9.17) is 17.0 Å². The van der Waals surface area contributed by atoms with Crippen molar-refractivity contribution in [3.8, 4) is 0 Å². The van der Waals surface area contributed by atoms with E-state index in [9.17, 15) is 14.0 Å². The molecule has 2 aromatic rings. The number of benzene rings is 2. The van der Waals surface area contributed by atoms with Gasteiger partial charge in [-0.1, -0.05) is 38.1 Å². The molecule has 34 heavy (non-hydrogen) atoms. The van der Waals surface area contributed by atoms with Crippen molar-refractivity contribution < 1.29 is 18.7 Å². The second kappa shape index (κ2) is 11.2. The summed E-state index contributed by atoms with van der Waals surface area (Å²) < 4.78 is 18.6. The Balaban J connectivity index is 1.78. The summed E-state index contributed by atoms with van der Waals surface area (Å²) in [4.78, 5) is 27.2. The Bertz CT molecular complexity index is 1080. The molecule has 0 bridgehead atoms.